The summed E-state index contributed by atoms with van der Waals surface area (Å²) >= 11 is 0. The Labute approximate surface area is 163 Å². The van der Waals surface area contributed by atoms with Gasteiger partial charge in [-0.2, -0.15) is 0 Å². The molecule has 0 bridgehead atoms. The van der Waals surface area contributed by atoms with E-state index in [1.54, 1.807) is 0 Å². The zero-order chi connectivity index (χ0) is 19.6. The first-order valence-corrected chi connectivity index (χ1v) is 9.54. The van der Waals surface area contributed by atoms with Gasteiger partial charge >= 0.3 is 11.9 Å². The first-order chi connectivity index (χ1) is 13.6. The van der Waals surface area contributed by atoms with Crippen molar-refractivity contribution < 1.29 is 23.9 Å². The maximum absolute atomic E-state index is 13.1. The van der Waals surface area contributed by atoms with Gasteiger partial charge in [0.1, 0.15) is 18.5 Å². The lowest BCUT2D eigenvalue weighted by Gasteiger charge is -2.38. The van der Waals surface area contributed by atoms with E-state index in [1.165, 1.54) is 0 Å². The summed E-state index contributed by atoms with van der Waals surface area (Å²) in [5, 5.41) is 0. The molecule has 0 N–H and O–H groups in total. The van der Waals surface area contributed by atoms with Crippen molar-refractivity contribution in [3.63, 3.8) is 0 Å². The molecule has 1 heterocycles. The second-order valence-electron chi connectivity index (χ2n) is 7.61. The molecule has 0 amide bonds. The van der Waals surface area contributed by atoms with Crippen LogP contribution in [0, 0.1) is 5.41 Å². The predicted octanol–water partition coefficient (Wildman–Crippen LogP) is 3.57. The number of carbonyl (C=O) groups excluding carboxylic acids is 3. The van der Waals surface area contributed by atoms with E-state index in [0.29, 0.717) is 12.8 Å². The molecule has 5 heteroatoms. The van der Waals surface area contributed by atoms with Crippen molar-refractivity contribution in [1.29, 1.82) is 0 Å². The molecule has 2 aliphatic rings. The third-order valence-electron chi connectivity index (χ3n) is 5.81. The van der Waals surface area contributed by atoms with Crippen LogP contribution in [0.15, 0.2) is 60.7 Å². The van der Waals surface area contributed by atoms with Gasteiger partial charge in [0, 0.05) is 6.42 Å². The second-order valence-corrected chi connectivity index (χ2v) is 7.61. The van der Waals surface area contributed by atoms with Crippen molar-refractivity contribution in [2.24, 2.45) is 5.41 Å². The molecule has 5 nitrogen and oxygen atoms in total. The molecular formula is C23H22O5. The van der Waals surface area contributed by atoms with E-state index in [9.17, 15) is 14.4 Å². The van der Waals surface area contributed by atoms with E-state index in [-0.39, 0.29) is 31.1 Å². The number of fused-ring (bicyclic) bond motifs is 1. The highest BCUT2D eigenvalue weighted by molar-refractivity contribution is 5.96. The molecule has 0 aromatic heterocycles. The molecule has 0 spiro atoms. The Kier molecular flexibility index (Phi) is 4.99. The van der Waals surface area contributed by atoms with Crippen molar-refractivity contribution in [3.8, 4) is 0 Å². The Balaban J connectivity index is 1.47. The highest BCUT2D eigenvalue weighted by atomic mass is 16.6. The number of carbonyl (C=O) groups is 3. The lowest BCUT2D eigenvalue weighted by atomic mass is 9.64. The minimum Gasteiger partial charge on any atom is -0.461 e. The summed E-state index contributed by atoms with van der Waals surface area (Å²) in [6, 6.07) is 19.1. The maximum Gasteiger partial charge on any atom is 0.307 e. The van der Waals surface area contributed by atoms with Crippen LogP contribution in [-0.2, 0) is 30.5 Å². The minimum atomic E-state index is -1.09. The Hall–Kier alpha value is -2.95. The Morgan fingerprint density at radius 1 is 1.04 bits per heavy atom. The van der Waals surface area contributed by atoms with Crippen LogP contribution in [0.1, 0.15) is 42.7 Å². The van der Waals surface area contributed by atoms with Crippen LogP contribution in [0.5, 0.6) is 0 Å². The van der Waals surface area contributed by atoms with E-state index in [4.69, 9.17) is 9.47 Å². The highest BCUT2D eigenvalue weighted by Crippen LogP contribution is 2.50. The number of Topliss-reactive ketones (excluding diaryl/α,β-unsaturated/α-hetero) is 1. The molecule has 1 saturated carbocycles. The van der Waals surface area contributed by atoms with Crippen molar-refractivity contribution in [3.05, 3.63) is 71.8 Å². The van der Waals surface area contributed by atoms with Crippen LogP contribution in [0.25, 0.3) is 0 Å². The first-order valence-electron chi connectivity index (χ1n) is 9.54. The largest absolute Gasteiger partial charge is 0.461 e. The molecule has 3 atom stereocenters. The molecule has 28 heavy (non-hydrogen) atoms. The summed E-state index contributed by atoms with van der Waals surface area (Å²) in [6.45, 7) is 0.149. The standard InChI is InChI=1S/C23H22O5/c24-19-11-18(17-9-5-2-6-10-17)12-20-23(19,14-22(26)28-20)13-21(25)27-15-16-7-3-1-4-8-16/h1-10,18,20H,11-15H2. The Morgan fingerprint density at radius 2 is 1.71 bits per heavy atom. The fourth-order valence-electron chi connectivity index (χ4n) is 4.31. The lowest BCUT2D eigenvalue weighted by Crippen LogP contribution is -2.46. The SMILES string of the molecule is O=C(CC12CC(=O)OC1CC(c1ccccc1)CC2=O)OCc1ccccc1. The van der Waals surface area contributed by atoms with Gasteiger partial charge in [-0.25, -0.2) is 0 Å². The zero-order valence-electron chi connectivity index (χ0n) is 15.5. The summed E-state index contributed by atoms with van der Waals surface area (Å²) in [6.07, 6.45) is 0.127. The fraction of sp³-hybridized carbons (Fsp3) is 0.348. The smallest absolute Gasteiger partial charge is 0.307 e. The summed E-state index contributed by atoms with van der Waals surface area (Å²) in [5.41, 5.74) is 0.845. The topological polar surface area (TPSA) is 69.7 Å². The van der Waals surface area contributed by atoms with Gasteiger partial charge in [0.15, 0.2) is 0 Å². The summed E-state index contributed by atoms with van der Waals surface area (Å²) in [7, 11) is 0. The molecule has 1 aliphatic heterocycles. The highest BCUT2D eigenvalue weighted by Gasteiger charge is 2.58. The Bertz CT molecular complexity index is 876. The van der Waals surface area contributed by atoms with Gasteiger partial charge in [0.2, 0.25) is 0 Å². The van der Waals surface area contributed by atoms with E-state index in [0.717, 1.165) is 11.1 Å². The monoisotopic (exact) mass is 378 g/mol. The molecule has 0 radical (unpaired) electrons. The average molecular weight is 378 g/mol. The lowest BCUT2D eigenvalue weighted by molar-refractivity contribution is -0.156. The molecule has 1 saturated heterocycles. The van der Waals surface area contributed by atoms with Gasteiger partial charge in [0.25, 0.3) is 0 Å². The zero-order valence-corrected chi connectivity index (χ0v) is 15.5. The van der Waals surface area contributed by atoms with Gasteiger partial charge in [0.05, 0.1) is 18.3 Å². The average Bonchev–Trinajstić information content (AvgIpc) is 3.04. The molecule has 2 aromatic carbocycles. The number of rotatable bonds is 5. The second kappa shape index (κ2) is 7.58. The minimum absolute atomic E-state index is 0.00179. The summed E-state index contributed by atoms with van der Waals surface area (Å²) < 4.78 is 10.9. The number of ether oxygens (including phenoxy) is 2. The van der Waals surface area contributed by atoms with Crippen LogP contribution >= 0.6 is 0 Å². The fourth-order valence-corrected chi connectivity index (χ4v) is 4.31. The molecular weight excluding hydrogens is 356 g/mol. The molecule has 4 rings (SSSR count). The maximum atomic E-state index is 13.1. The third-order valence-corrected chi connectivity index (χ3v) is 5.81. The number of esters is 2. The third kappa shape index (κ3) is 3.57. The Morgan fingerprint density at radius 3 is 2.43 bits per heavy atom. The number of hydrogen-bond acceptors (Lipinski definition) is 5. The van der Waals surface area contributed by atoms with Crippen molar-refractivity contribution >= 4 is 17.7 Å². The molecule has 144 valence electrons. The van der Waals surface area contributed by atoms with Gasteiger partial charge in [-0.15, -0.1) is 0 Å². The number of ketones is 1. The van der Waals surface area contributed by atoms with E-state index in [2.05, 4.69) is 0 Å². The normalized spacial score (nSPS) is 26.4. The molecule has 2 fully saturated rings. The van der Waals surface area contributed by atoms with Crippen molar-refractivity contribution in [2.75, 3.05) is 0 Å². The quantitative estimate of drug-likeness (QED) is 0.744. The van der Waals surface area contributed by atoms with Gasteiger partial charge < -0.3 is 9.47 Å². The van der Waals surface area contributed by atoms with E-state index >= 15 is 0 Å². The van der Waals surface area contributed by atoms with E-state index < -0.39 is 23.5 Å². The predicted molar refractivity (Wildman–Crippen MR) is 101 cm³/mol. The van der Waals surface area contributed by atoms with Crippen LogP contribution in [0.4, 0.5) is 0 Å². The van der Waals surface area contributed by atoms with Gasteiger partial charge in [-0.1, -0.05) is 60.7 Å². The summed E-state index contributed by atoms with van der Waals surface area (Å²) in [5.74, 6) is -0.972. The van der Waals surface area contributed by atoms with Gasteiger partial charge in [-0.05, 0) is 23.5 Å². The number of hydrogen-bond donors (Lipinski definition) is 0. The van der Waals surface area contributed by atoms with Gasteiger partial charge in [-0.3, -0.25) is 14.4 Å². The van der Waals surface area contributed by atoms with Crippen LogP contribution in [0.2, 0.25) is 0 Å². The van der Waals surface area contributed by atoms with E-state index in [1.807, 2.05) is 60.7 Å². The van der Waals surface area contributed by atoms with Crippen LogP contribution in [-0.4, -0.2) is 23.8 Å². The molecule has 1 aliphatic carbocycles. The molecule has 2 aromatic rings. The first kappa shape index (κ1) is 18.4. The van der Waals surface area contributed by atoms with Crippen molar-refractivity contribution in [2.45, 2.75) is 44.3 Å². The summed E-state index contributed by atoms with van der Waals surface area (Å²) in [4.78, 5) is 37.6. The van der Waals surface area contributed by atoms with Crippen LogP contribution < -0.4 is 0 Å². The molecule has 3 unspecified atom stereocenters. The van der Waals surface area contributed by atoms with Crippen molar-refractivity contribution in [1.82, 2.24) is 0 Å². The van der Waals surface area contributed by atoms with Crippen LogP contribution in [0.3, 0.4) is 0 Å². The number of benzene rings is 2.